The molecule has 0 bridgehead atoms. The predicted molar refractivity (Wildman–Crippen MR) is 87.8 cm³/mol. The van der Waals surface area contributed by atoms with E-state index in [0.29, 0.717) is 23.9 Å². The van der Waals surface area contributed by atoms with Crippen LogP contribution in [0, 0.1) is 0 Å². The molecule has 1 fully saturated rings. The number of amides is 2. The van der Waals surface area contributed by atoms with E-state index in [9.17, 15) is 9.90 Å². The minimum Gasteiger partial charge on any atom is -0.392 e. The van der Waals surface area contributed by atoms with E-state index in [1.807, 2.05) is 12.1 Å². The fourth-order valence-electron chi connectivity index (χ4n) is 2.41. The van der Waals surface area contributed by atoms with E-state index in [4.69, 9.17) is 16.3 Å². The van der Waals surface area contributed by atoms with Crippen LogP contribution < -0.4 is 10.2 Å². The number of urea groups is 1. The summed E-state index contributed by atoms with van der Waals surface area (Å²) in [4.78, 5) is 15.8. The lowest BCUT2D eigenvalue weighted by atomic mass is 10.2. The molecule has 2 amide bonds. The molecule has 2 rings (SSSR count). The Morgan fingerprint density at radius 1 is 1.50 bits per heavy atom. The van der Waals surface area contributed by atoms with Gasteiger partial charge in [0.2, 0.25) is 0 Å². The number of aliphatic hydroxyl groups is 1. The second-order valence-corrected chi connectivity index (χ2v) is 5.80. The molecule has 22 heavy (non-hydrogen) atoms. The summed E-state index contributed by atoms with van der Waals surface area (Å²) in [5.74, 6) is 0. The molecule has 0 radical (unpaired) electrons. The molecular weight excluding hydrogens is 306 g/mol. The number of halogens is 1. The van der Waals surface area contributed by atoms with Crippen molar-refractivity contribution in [2.24, 2.45) is 0 Å². The molecular formula is C15H22ClN3O3. The second kappa shape index (κ2) is 7.67. The average molecular weight is 328 g/mol. The minimum atomic E-state index is -0.575. The maximum Gasteiger partial charge on any atom is 0.321 e. The number of ether oxygens (including phenoxy) is 1. The summed E-state index contributed by atoms with van der Waals surface area (Å²) in [7, 11) is 1.64. The van der Waals surface area contributed by atoms with Crippen molar-refractivity contribution in [3.05, 3.63) is 23.2 Å². The number of likely N-dealkylation sites (N-methyl/N-ethyl adjacent to an activating group) is 1. The van der Waals surface area contributed by atoms with Gasteiger partial charge in [-0.1, -0.05) is 17.7 Å². The number of benzene rings is 1. The molecule has 1 saturated heterocycles. The molecule has 1 heterocycles. The number of nitrogens with one attached hydrogen (secondary N) is 1. The van der Waals surface area contributed by atoms with Crippen molar-refractivity contribution in [1.82, 2.24) is 4.90 Å². The van der Waals surface area contributed by atoms with Crippen LogP contribution in [0.5, 0.6) is 0 Å². The quantitative estimate of drug-likeness (QED) is 0.888. The number of anilines is 2. The molecule has 0 spiro atoms. The molecule has 1 aromatic rings. The van der Waals surface area contributed by atoms with Gasteiger partial charge in [-0.05, 0) is 19.1 Å². The van der Waals surface area contributed by atoms with Crippen LogP contribution in [0.2, 0.25) is 5.02 Å². The number of hydrogen-bond donors (Lipinski definition) is 2. The second-order valence-electron chi connectivity index (χ2n) is 5.40. The third-order valence-electron chi connectivity index (χ3n) is 3.44. The Balaban J connectivity index is 2.16. The summed E-state index contributed by atoms with van der Waals surface area (Å²) in [5.41, 5.74) is 1.48. The number of para-hydroxylation sites is 1. The molecule has 6 nitrogen and oxygen atoms in total. The third-order valence-corrected chi connectivity index (χ3v) is 3.75. The summed E-state index contributed by atoms with van der Waals surface area (Å²) in [5, 5.41) is 12.8. The first-order chi connectivity index (χ1) is 10.5. The molecule has 2 N–H and O–H groups in total. The fourth-order valence-corrected chi connectivity index (χ4v) is 2.71. The Morgan fingerprint density at radius 3 is 2.82 bits per heavy atom. The van der Waals surface area contributed by atoms with Crippen molar-refractivity contribution >= 4 is 29.0 Å². The molecule has 0 aliphatic carbocycles. The number of carbonyl (C=O) groups is 1. The maximum atomic E-state index is 12.2. The van der Waals surface area contributed by atoms with Crippen molar-refractivity contribution in [3.8, 4) is 0 Å². The summed E-state index contributed by atoms with van der Waals surface area (Å²) in [6.45, 7) is 4.65. The molecule has 0 saturated carbocycles. The lowest BCUT2D eigenvalue weighted by molar-refractivity contribution is 0.123. The van der Waals surface area contributed by atoms with E-state index < -0.39 is 6.10 Å². The first-order valence-corrected chi connectivity index (χ1v) is 7.68. The molecule has 0 aromatic heterocycles. The molecule has 1 aromatic carbocycles. The Hall–Kier alpha value is -1.50. The largest absolute Gasteiger partial charge is 0.392 e. The van der Waals surface area contributed by atoms with Gasteiger partial charge in [0.1, 0.15) is 0 Å². The molecule has 1 aliphatic rings. The number of morpholine rings is 1. The highest BCUT2D eigenvalue weighted by Crippen LogP contribution is 2.34. The van der Waals surface area contributed by atoms with Crippen LogP contribution in [0.15, 0.2) is 18.2 Å². The Labute approximate surface area is 135 Å². The smallest absolute Gasteiger partial charge is 0.321 e. The molecule has 1 atom stereocenters. The van der Waals surface area contributed by atoms with Gasteiger partial charge in [0.25, 0.3) is 0 Å². The highest BCUT2D eigenvalue weighted by Gasteiger charge is 2.20. The molecule has 122 valence electrons. The van der Waals surface area contributed by atoms with Gasteiger partial charge in [-0.15, -0.1) is 0 Å². The van der Waals surface area contributed by atoms with Crippen molar-refractivity contribution in [1.29, 1.82) is 0 Å². The SMILES string of the molecule is C[C@H](O)CN(C)C(=O)Nc1cccc(Cl)c1N1CCOCC1. The van der Waals surface area contributed by atoms with Gasteiger partial charge in [0.15, 0.2) is 0 Å². The Morgan fingerprint density at radius 2 is 2.18 bits per heavy atom. The maximum absolute atomic E-state index is 12.2. The van der Waals surface area contributed by atoms with E-state index in [-0.39, 0.29) is 12.6 Å². The summed E-state index contributed by atoms with van der Waals surface area (Å²) >= 11 is 6.32. The van der Waals surface area contributed by atoms with Crippen LogP contribution in [0.1, 0.15) is 6.92 Å². The number of carbonyl (C=O) groups excluding carboxylic acids is 1. The van der Waals surface area contributed by atoms with E-state index >= 15 is 0 Å². The standard InChI is InChI=1S/C15H22ClN3O3/c1-11(20)10-18(2)15(21)17-13-5-3-4-12(16)14(13)19-6-8-22-9-7-19/h3-5,11,20H,6-10H2,1-2H3,(H,17,21)/t11-/m0/s1. The van der Waals surface area contributed by atoms with Crippen molar-refractivity contribution < 1.29 is 14.6 Å². The first kappa shape index (κ1) is 16.9. The van der Waals surface area contributed by atoms with E-state index in [1.54, 1.807) is 20.0 Å². The lowest BCUT2D eigenvalue weighted by Crippen LogP contribution is -2.39. The monoisotopic (exact) mass is 327 g/mol. The number of hydrogen-bond acceptors (Lipinski definition) is 4. The highest BCUT2D eigenvalue weighted by atomic mass is 35.5. The fraction of sp³-hybridized carbons (Fsp3) is 0.533. The first-order valence-electron chi connectivity index (χ1n) is 7.30. The zero-order valence-corrected chi connectivity index (χ0v) is 13.6. The number of rotatable bonds is 4. The van der Waals surface area contributed by atoms with Crippen LogP contribution in [-0.2, 0) is 4.74 Å². The average Bonchev–Trinajstić information content (AvgIpc) is 2.47. The Bertz CT molecular complexity index is 519. The lowest BCUT2D eigenvalue weighted by Gasteiger charge is -2.31. The van der Waals surface area contributed by atoms with E-state index in [1.165, 1.54) is 4.90 Å². The summed E-state index contributed by atoms with van der Waals surface area (Å²) in [6, 6.07) is 5.15. The molecule has 1 aliphatic heterocycles. The van der Waals surface area contributed by atoms with E-state index in [0.717, 1.165) is 18.8 Å². The van der Waals surface area contributed by atoms with Crippen LogP contribution in [-0.4, -0.2) is 62.0 Å². The van der Waals surface area contributed by atoms with Crippen LogP contribution in [0.25, 0.3) is 0 Å². The molecule has 0 unspecified atom stereocenters. The van der Waals surface area contributed by atoms with Crippen LogP contribution in [0.4, 0.5) is 16.2 Å². The van der Waals surface area contributed by atoms with Gasteiger partial charge < -0.3 is 25.0 Å². The van der Waals surface area contributed by atoms with Gasteiger partial charge in [-0.25, -0.2) is 4.79 Å². The number of nitrogens with zero attached hydrogens (tertiary/aromatic N) is 2. The zero-order chi connectivity index (χ0) is 16.1. The molecule has 7 heteroatoms. The minimum absolute atomic E-state index is 0.263. The van der Waals surface area contributed by atoms with Gasteiger partial charge in [-0.2, -0.15) is 0 Å². The van der Waals surface area contributed by atoms with Crippen molar-refractivity contribution in [2.75, 3.05) is 50.1 Å². The van der Waals surface area contributed by atoms with Crippen molar-refractivity contribution in [3.63, 3.8) is 0 Å². The van der Waals surface area contributed by atoms with Gasteiger partial charge in [0.05, 0.1) is 35.7 Å². The number of aliphatic hydroxyl groups excluding tert-OH is 1. The normalized spacial score (nSPS) is 16.3. The Kier molecular flexibility index (Phi) is 5.88. The van der Waals surface area contributed by atoms with Gasteiger partial charge in [0, 0.05) is 26.7 Å². The highest BCUT2D eigenvalue weighted by molar-refractivity contribution is 6.34. The summed E-state index contributed by atoms with van der Waals surface area (Å²) in [6.07, 6.45) is -0.575. The third kappa shape index (κ3) is 4.25. The summed E-state index contributed by atoms with van der Waals surface area (Å²) < 4.78 is 5.36. The van der Waals surface area contributed by atoms with Crippen molar-refractivity contribution in [2.45, 2.75) is 13.0 Å². The van der Waals surface area contributed by atoms with Gasteiger partial charge >= 0.3 is 6.03 Å². The predicted octanol–water partition coefficient (Wildman–Crippen LogP) is 2.02. The van der Waals surface area contributed by atoms with E-state index in [2.05, 4.69) is 10.2 Å². The van der Waals surface area contributed by atoms with Crippen LogP contribution in [0.3, 0.4) is 0 Å². The van der Waals surface area contributed by atoms with Gasteiger partial charge in [-0.3, -0.25) is 0 Å². The topological polar surface area (TPSA) is 65.0 Å². The van der Waals surface area contributed by atoms with Crippen LogP contribution >= 0.6 is 11.6 Å². The zero-order valence-electron chi connectivity index (χ0n) is 12.9.